The number of hydrogen-bond donors (Lipinski definition) is 1. The van der Waals surface area contributed by atoms with Crippen LogP contribution >= 0.6 is 0 Å². The van der Waals surface area contributed by atoms with Crippen molar-refractivity contribution in [2.24, 2.45) is 11.7 Å². The first-order valence-electron chi connectivity index (χ1n) is 5.90. The van der Waals surface area contributed by atoms with Crippen LogP contribution in [0.3, 0.4) is 0 Å². The molecule has 3 nitrogen and oxygen atoms in total. The number of carbonyl (C=O) groups excluding carboxylic acids is 1. The number of benzene rings is 1. The highest BCUT2D eigenvalue weighted by Gasteiger charge is 2.20. The molecule has 0 aliphatic heterocycles. The number of hydrogen-bond acceptors (Lipinski definition) is 3. The Hall–Kier alpha value is -1.35. The zero-order valence-electron chi connectivity index (χ0n) is 11.0. The number of carbonyl (C=O) groups is 1. The van der Waals surface area contributed by atoms with Gasteiger partial charge in [0.2, 0.25) is 0 Å². The molecule has 0 fully saturated rings. The Morgan fingerprint density at radius 2 is 2.06 bits per heavy atom. The fourth-order valence-electron chi connectivity index (χ4n) is 2.03. The lowest BCUT2D eigenvalue weighted by Crippen LogP contribution is -2.17. The van der Waals surface area contributed by atoms with Crippen LogP contribution < -0.4 is 10.5 Å². The number of methoxy groups -OCH3 is 1. The monoisotopic (exact) mass is 235 g/mol. The summed E-state index contributed by atoms with van der Waals surface area (Å²) in [5.74, 6) is 0.719. The molecule has 0 saturated heterocycles. The van der Waals surface area contributed by atoms with Gasteiger partial charge in [-0.25, -0.2) is 0 Å². The van der Waals surface area contributed by atoms with Crippen LogP contribution in [-0.2, 0) is 0 Å². The summed E-state index contributed by atoms with van der Waals surface area (Å²) < 4.78 is 5.30. The highest BCUT2D eigenvalue weighted by Crippen LogP contribution is 2.27. The SMILES string of the molecule is COc1cc(C)cc(C)c1C(=O)C(C)CCN. The molecule has 0 saturated carbocycles. The number of nitrogens with two attached hydrogens (primary N) is 1. The van der Waals surface area contributed by atoms with E-state index in [0.29, 0.717) is 24.3 Å². The molecule has 1 rings (SSSR count). The number of aryl methyl sites for hydroxylation is 2. The van der Waals surface area contributed by atoms with Gasteiger partial charge in [0.25, 0.3) is 0 Å². The molecule has 2 N–H and O–H groups in total. The summed E-state index contributed by atoms with van der Waals surface area (Å²) in [6.07, 6.45) is 0.704. The lowest BCUT2D eigenvalue weighted by atomic mass is 9.92. The van der Waals surface area contributed by atoms with E-state index in [4.69, 9.17) is 10.5 Å². The Kier molecular flexibility index (Phi) is 4.70. The van der Waals surface area contributed by atoms with Crippen molar-refractivity contribution in [1.29, 1.82) is 0 Å². The zero-order valence-corrected chi connectivity index (χ0v) is 11.0. The third kappa shape index (κ3) is 3.07. The van der Waals surface area contributed by atoms with Gasteiger partial charge in [-0.1, -0.05) is 13.0 Å². The summed E-state index contributed by atoms with van der Waals surface area (Å²) in [5, 5.41) is 0. The Morgan fingerprint density at radius 1 is 1.41 bits per heavy atom. The van der Waals surface area contributed by atoms with Gasteiger partial charge in [0.05, 0.1) is 12.7 Å². The van der Waals surface area contributed by atoms with E-state index < -0.39 is 0 Å². The first-order chi connectivity index (χ1) is 8.01. The Morgan fingerprint density at radius 3 is 2.59 bits per heavy atom. The quantitative estimate of drug-likeness (QED) is 0.798. The molecular formula is C14H21NO2. The summed E-state index contributed by atoms with van der Waals surface area (Å²) in [6.45, 7) is 6.37. The molecule has 1 aromatic carbocycles. The van der Waals surface area contributed by atoms with Crippen molar-refractivity contribution in [2.75, 3.05) is 13.7 Å². The van der Waals surface area contributed by atoms with E-state index in [0.717, 1.165) is 11.1 Å². The van der Waals surface area contributed by atoms with Gasteiger partial charge >= 0.3 is 0 Å². The molecule has 94 valence electrons. The van der Waals surface area contributed by atoms with Gasteiger partial charge in [0.1, 0.15) is 5.75 Å². The third-order valence-corrected chi connectivity index (χ3v) is 2.96. The number of ether oxygens (including phenoxy) is 1. The highest BCUT2D eigenvalue weighted by molar-refractivity contribution is 6.01. The van der Waals surface area contributed by atoms with E-state index in [1.54, 1.807) is 7.11 Å². The summed E-state index contributed by atoms with van der Waals surface area (Å²) in [6, 6.07) is 3.90. The van der Waals surface area contributed by atoms with E-state index in [2.05, 4.69) is 0 Å². The van der Waals surface area contributed by atoms with Crippen molar-refractivity contribution in [1.82, 2.24) is 0 Å². The van der Waals surface area contributed by atoms with Crippen molar-refractivity contribution in [3.63, 3.8) is 0 Å². The van der Waals surface area contributed by atoms with Crippen molar-refractivity contribution >= 4 is 5.78 Å². The van der Waals surface area contributed by atoms with E-state index in [1.807, 2.05) is 32.9 Å². The molecule has 0 heterocycles. The van der Waals surface area contributed by atoms with E-state index in [-0.39, 0.29) is 11.7 Å². The molecule has 17 heavy (non-hydrogen) atoms. The van der Waals surface area contributed by atoms with Crippen molar-refractivity contribution in [2.45, 2.75) is 27.2 Å². The normalized spacial score (nSPS) is 12.3. The minimum atomic E-state index is -0.0599. The maximum absolute atomic E-state index is 12.3. The van der Waals surface area contributed by atoms with Gasteiger partial charge in [-0.3, -0.25) is 4.79 Å². The van der Waals surface area contributed by atoms with Gasteiger partial charge in [0, 0.05) is 5.92 Å². The Labute approximate surface area is 103 Å². The van der Waals surface area contributed by atoms with Crippen molar-refractivity contribution < 1.29 is 9.53 Å². The molecule has 0 aromatic heterocycles. The van der Waals surface area contributed by atoms with E-state index in [9.17, 15) is 4.79 Å². The molecule has 0 spiro atoms. The summed E-state index contributed by atoms with van der Waals surface area (Å²) in [7, 11) is 1.60. The predicted octanol–water partition coefficient (Wildman–Crippen LogP) is 2.48. The standard InChI is InChI=1S/C14H21NO2/c1-9-7-11(3)13(12(8-9)17-4)14(16)10(2)5-6-15/h7-8,10H,5-6,15H2,1-4H3. The van der Waals surface area contributed by atoms with Crippen LogP contribution in [0, 0.1) is 19.8 Å². The lowest BCUT2D eigenvalue weighted by Gasteiger charge is -2.15. The topological polar surface area (TPSA) is 52.3 Å². The van der Waals surface area contributed by atoms with Gasteiger partial charge in [0.15, 0.2) is 5.78 Å². The maximum atomic E-state index is 12.3. The largest absolute Gasteiger partial charge is 0.496 e. The fraction of sp³-hybridized carbons (Fsp3) is 0.500. The zero-order chi connectivity index (χ0) is 13.0. The maximum Gasteiger partial charge on any atom is 0.169 e. The van der Waals surface area contributed by atoms with Crippen molar-refractivity contribution in [3.05, 3.63) is 28.8 Å². The number of Topliss-reactive ketones (excluding diaryl/α,β-unsaturated/α-hetero) is 1. The van der Waals surface area contributed by atoms with Crippen LogP contribution in [0.2, 0.25) is 0 Å². The van der Waals surface area contributed by atoms with Crippen LogP contribution in [0.25, 0.3) is 0 Å². The van der Waals surface area contributed by atoms with Crippen LogP contribution in [-0.4, -0.2) is 19.4 Å². The van der Waals surface area contributed by atoms with Crippen LogP contribution in [0.4, 0.5) is 0 Å². The highest BCUT2D eigenvalue weighted by atomic mass is 16.5. The summed E-state index contributed by atoms with van der Waals surface area (Å²) in [5.41, 5.74) is 8.26. The second-order valence-electron chi connectivity index (χ2n) is 4.50. The Balaban J connectivity index is 3.16. The second-order valence-corrected chi connectivity index (χ2v) is 4.50. The fourth-order valence-corrected chi connectivity index (χ4v) is 2.03. The number of ketones is 1. The third-order valence-electron chi connectivity index (χ3n) is 2.96. The molecule has 0 aliphatic carbocycles. The minimum Gasteiger partial charge on any atom is -0.496 e. The molecule has 1 unspecified atom stereocenters. The van der Waals surface area contributed by atoms with Gasteiger partial charge in [-0.15, -0.1) is 0 Å². The molecule has 1 aromatic rings. The molecular weight excluding hydrogens is 214 g/mol. The lowest BCUT2D eigenvalue weighted by molar-refractivity contribution is 0.0921. The second kappa shape index (κ2) is 5.82. The van der Waals surface area contributed by atoms with Crippen LogP contribution in [0.15, 0.2) is 12.1 Å². The number of rotatable bonds is 5. The summed E-state index contributed by atoms with van der Waals surface area (Å²) in [4.78, 5) is 12.3. The summed E-state index contributed by atoms with van der Waals surface area (Å²) >= 11 is 0. The molecule has 0 aliphatic rings. The molecule has 0 amide bonds. The Bertz CT molecular complexity index is 413. The minimum absolute atomic E-state index is 0.0599. The van der Waals surface area contributed by atoms with E-state index >= 15 is 0 Å². The predicted molar refractivity (Wildman–Crippen MR) is 69.6 cm³/mol. The van der Waals surface area contributed by atoms with Gasteiger partial charge < -0.3 is 10.5 Å². The van der Waals surface area contributed by atoms with Gasteiger partial charge in [-0.05, 0) is 44.0 Å². The molecule has 1 atom stereocenters. The molecule has 0 radical (unpaired) electrons. The average molecular weight is 235 g/mol. The average Bonchev–Trinajstić information content (AvgIpc) is 2.27. The van der Waals surface area contributed by atoms with Crippen LogP contribution in [0.1, 0.15) is 34.8 Å². The molecule has 0 bridgehead atoms. The van der Waals surface area contributed by atoms with E-state index in [1.165, 1.54) is 0 Å². The first-order valence-corrected chi connectivity index (χ1v) is 5.90. The van der Waals surface area contributed by atoms with Crippen molar-refractivity contribution in [3.8, 4) is 5.75 Å². The van der Waals surface area contributed by atoms with Gasteiger partial charge in [-0.2, -0.15) is 0 Å². The molecule has 3 heteroatoms. The smallest absolute Gasteiger partial charge is 0.169 e. The first kappa shape index (κ1) is 13.7. The van der Waals surface area contributed by atoms with Crippen LogP contribution in [0.5, 0.6) is 5.75 Å².